The summed E-state index contributed by atoms with van der Waals surface area (Å²) in [5.41, 5.74) is 1.13. The summed E-state index contributed by atoms with van der Waals surface area (Å²) in [6.07, 6.45) is 1.69. The number of carbonyl (C=O) groups is 1. The zero-order valence-corrected chi connectivity index (χ0v) is 17.8. The highest BCUT2D eigenvalue weighted by Crippen LogP contribution is 2.25. The van der Waals surface area contributed by atoms with Crippen LogP contribution in [-0.2, 0) is 17.9 Å². The van der Waals surface area contributed by atoms with Gasteiger partial charge in [0.1, 0.15) is 0 Å². The number of nitrogens with zero attached hydrogens (tertiary/aromatic N) is 4. The Kier molecular flexibility index (Phi) is 6.28. The van der Waals surface area contributed by atoms with Gasteiger partial charge in [-0.15, -0.1) is 11.3 Å². The third-order valence-electron chi connectivity index (χ3n) is 5.25. The van der Waals surface area contributed by atoms with Crippen molar-refractivity contribution in [1.82, 2.24) is 19.9 Å². The predicted molar refractivity (Wildman–Crippen MR) is 114 cm³/mol. The summed E-state index contributed by atoms with van der Waals surface area (Å²) in [5.74, 6) is 1.20. The Labute approximate surface area is 179 Å². The first kappa shape index (κ1) is 20.1. The summed E-state index contributed by atoms with van der Waals surface area (Å²) in [7, 11) is 1.80. The van der Waals surface area contributed by atoms with Gasteiger partial charge in [-0.25, -0.2) is 0 Å². The van der Waals surface area contributed by atoms with Gasteiger partial charge in [0.15, 0.2) is 0 Å². The molecular weight excluding hydrogens is 408 g/mol. The molecule has 3 aromatic rings. The lowest BCUT2D eigenvalue weighted by molar-refractivity contribution is -0.136. The fraction of sp³-hybridized carbons (Fsp3) is 0.381. The molecule has 1 aromatic carbocycles. The third-order valence-corrected chi connectivity index (χ3v) is 6.48. The van der Waals surface area contributed by atoms with Crippen LogP contribution in [0.1, 0.15) is 24.3 Å². The topological polar surface area (TPSA) is 62.5 Å². The molecular formula is C21H23ClN4O2S. The number of carbonyl (C=O) groups excluding carboxylic acids is 1. The maximum atomic E-state index is 12.9. The highest BCUT2D eigenvalue weighted by molar-refractivity contribution is 7.13. The molecule has 1 aliphatic rings. The van der Waals surface area contributed by atoms with Gasteiger partial charge in [0.25, 0.3) is 0 Å². The van der Waals surface area contributed by atoms with Crippen molar-refractivity contribution in [1.29, 1.82) is 0 Å². The highest BCUT2D eigenvalue weighted by atomic mass is 35.5. The van der Waals surface area contributed by atoms with Gasteiger partial charge in [0, 0.05) is 24.5 Å². The lowest BCUT2D eigenvalue weighted by Gasteiger charge is -2.33. The maximum Gasteiger partial charge on any atom is 0.246 e. The fourth-order valence-electron chi connectivity index (χ4n) is 3.62. The number of hydrogen-bond donors (Lipinski definition) is 0. The zero-order chi connectivity index (χ0) is 20.2. The van der Waals surface area contributed by atoms with E-state index in [0.29, 0.717) is 18.3 Å². The SMILES string of the molecule is CN(Cc1nc(-c2cccs2)no1)C(=O)C1CCN(Cc2ccccc2Cl)CC1. The van der Waals surface area contributed by atoms with Crippen molar-refractivity contribution < 1.29 is 9.32 Å². The second kappa shape index (κ2) is 9.07. The first-order valence-electron chi connectivity index (χ1n) is 9.67. The number of amides is 1. The average molecular weight is 431 g/mol. The van der Waals surface area contributed by atoms with E-state index in [4.69, 9.17) is 16.1 Å². The van der Waals surface area contributed by atoms with E-state index in [0.717, 1.165) is 47.9 Å². The molecule has 3 heterocycles. The molecule has 8 heteroatoms. The van der Waals surface area contributed by atoms with Crippen molar-refractivity contribution in [2.45, 2.75) is 25.9 Å². The molecule has 0 unspecified atom stereocenters. The smallest absolute Gasteiger partial charge is 0.246 e. The molecule has 0 bridgehead atoms. The fourth-order valence-corrected chi connectivity index (χ4v) is 4.47. The Hall–Kier alpha value is -2.22. The van der Waals surface area contributed by atoms with Crippen LogP contribution in [0.2, 0.25) is 5.02 Å². The van der Waals surface area contributed by atoms with Gasteiger partial charge in [-0.2, -0.15) is 4.98 Å². The number of hydrogen-bond acceptors (Lipinski definition) is 6. The van der Waals surface area contributed by atoms with Gasteiger partial charge in [-0.05, 0) is 49.0 Å². The number of benzene rings is 1. The molecule has 4 rings (SSSR count). The van der Waals surface area contributed by atoms with Crippen molar-refractivity contribution in [2.75, 3.05) is 20.1 Å². The molecule has 0 aliphatic carbocycles. The Morgan fingerprint density at radius 2 is 2.07 bits per heavy atom. The summed E-state index contributed by atoms with van der Waals surface area (Å²) < 4.78 is 5.32. The molecule has 0 spiro atoms. The van der Waals surface area contributed by atoms with Crippen LogP contribution < -0.4 is 0 Å². The van der Waals surface area contributed by atoms with E-state index >= 15 is 0 Å². The quantitative estimate of drug-likeness (QED) is 0.582. The van der Waals surface area contributed by atoms with Crippen molar-refractivity contribution >= 4 is 28.8 Å². The van der Waals surface area contributed by atoms with E-state index in [-0.39, 0.29) is 11.8 Å². The average Bonchev–Trinajstić information content (AvgIpc) is 3.41. The molecule has 2 aromatic heterocycles. The normalized spacial score (nSPS) is 15.5. The lowest BCUT2D eigenvalue weighted by Crippen LogP contribution is -2.40. The van der Waals surface area contributed by atoms with Crippen LogP contribution in [0.5, 0.6) is 0 Å². The standard InChI is InChI=1S/C21H23ClN4O2S/c1-25(14-19-23-20(24-28-19)18-7-4-12-29-18)21(27)15-8-10-26(11-9-15)13-16-5-2-3-6-17(16)22/h2-7,12,15H,8-11,13-14H2,1H3. The minimum absolute atomic E-state index is 0.0298. The van der Waals surface area contributed by atoms with Crippen molar-refractivity contribution in [3.8, 4) is 10.7 Å². The predicted octanol–water partition coefficient (Wildman–Crippen LogP) is 4.32. The van der Waals surface area contributed by atoms with Crippen molar-refractivity contribution in [3.05, 3.63) is 58.3 Å². The summed E-state index contributed by atoms with van der Waals surface area (Å²) in [6.45, 7) is 2.93. The zero-order valence-electron chi connectivity index (χ0n) is 16.3. The molecule has 1 fully saturated rings. The van der Waals surface area contributed by atoms with E-state index in [1.165, 1.54) is 0 Å². The summed E-state index contributed by atoms with van der Waals surface area (Å²) in [6, 6.07) is 11.8. The maximum absolute atomic E-state index is 12.9. The molecule has 6 nitrogen and oxygen atoms in total. The monoisotopic (exact) mass is 430 g/mol. The molecule has 1 amide bonds. The number of piperidine rings is 1. The summed E-state index contributed by atoms with van der Waals surface area (Å²) >= 11 is 7.83. The van der Waals surface area contributed by atoms with Crippen LogP contribution in [0.25, 0.3) is 10.7 Å². The molecule has 1 saturated heterocycles. The van der Waals surface area contributed by atoms with E-state index in [2.05, 4.69) is 21.1 Å². The second-order valence-corrected chi connectivity index (χ2v) is 8.68. The van der Waals surface area contributed by atoms with Gasteiger partial charge in [0.05, 0.1) is 11.4 Å². The van der Waals surface area contributed by atoms with Gasteiger partial charge >= 0.3 is 0 Å². The molecule has 0 atom stereocenters. The Morgan fingerprint density at radius 3 is 2.79 bits per heavy atom. The minimum Gasteiger partial charge on any atom is -0.337 e. The Bertz CT molecular complexity index is 951. The number of thiophene rings is 1. The number of aromatic nitrogens is 2. The molecule has 0 saturated carbocycles. The van der Waals surface area contributed by atoms with Crippen LogP contribution in [-0.4, -0.2) is 46.0 Å². The van der Waals surface area contributed by atoms with Crippen molar-refractivity contribution in [3.63, 3.8) is 0 Å². The third kappa shape index (κ3) is 4.86. The number of rotatable bonds is 6. The van der Waals surface area contributed by atoms with Crippen LogP contribution in [0.15, 0.2) is 46.3 Å². The van der Waals surface area contributed by atoms with E-state index in [1.807, 2.05) is 35.7 Å². The van der Waals surface area contributed by atoms with Gasteiger partial charge in [-0.1, -0.05) is 41.0 Å². The molecule has 1 aliphatic heterocycles. The molecule has 29 heavy (non-hydrogen) atoms. The van der Waals surface area contributed by atoms with E-state index in [1.54, 1.807) is 23.3 Å². The first-order chi connectivity index (χ1) is 14.1. The van der Waals surface area contributed by atoms with Crippen LogP contribution in [0.3, 0.4) is 0 Å². The largest absolute Gasteiger partial charge is 0.337 e. The van der Waals surface area contributed by atoms with Crippen LogP contribution >= 0.6 is 22.9 Å². The van der Waals surface area contributed by atoms with E-state index < -0.39 is 0 Å². The summed E-state index contributed by atoms with van der Waals surface area (Å²) in [4.78, 5) is 22.3. The Morgan fingerprint density at radius 1 is 1.28 bits per heavy atom. The van der Waals surface area contributed by atoms with Crippen LogP contribution in [0, 0.1) is 5.92 Å². The molecule has 0 N–H and O–H groups in total. The number of likely N-dealkylation sites (tertiary alicyclic amines) is 1. The molecule has 0 radical (unpaired) electrons. The van der Waals surface area contributed by atoms with Crippen molar-refractivity contribution in [2.24, 2.45) is 5.92 Å². The first-order valence-corrected chi connectivity index (χ1v) is 10.9. The van der Waals surface area contributed by atoms with Gasteiger partial charge in [0.2, 0.25) is 17.6 Å². The Balaban J connectivity index is 1.28. The van der Waals surface area contributed by atoms with E-state index in [9.17, 15) is 4.79 Å². The lowest BCUT2D eigenvalue weighted by atomic mass is 9.95. The minimum atomic E-state index is 0.0298. The summed E-state index contributed by atoms with van der Waals surface area (Å²) in [5, 5.41) is 6.78. The van der Waals surface area contributed by atoms with Gasteiger partial charge < -0.3 is 9.42 Å². The molecule has 152 valence electrons. The second-order valence-electron chi connectivity index (χ2n) is 7.33. The van der Waals surface area contributed by atoms with Crippen LogP contribution in [0.4, 0.5) is 0 Å². The number of halogens is 1. The van der Waals surface area contributed by atoms with Gasteiger partial charge in [-0.3, -0.25) is 9.69 Å². The highest BCUT2D eigenvalue weighted by Gasteiger charge is 2.28.